The Morgan fingerprint density at radius 1 is 1.44 bits per heavy atom. The van der Waals surface area contributed by atoms with E-state index in [1.54, 1.807) is 19.5 Å². The average molecular weight is 248 g/mol. The molecule has 1 aliphatic heterocycles. The second-order valence-electron chi connectivity index (χ2n) is 5.15. The van der Waals surface area contributed by atoms with Gasteiger partial charge in [0.25, 0.3) is 5.91 Å². The zero-order chi connectivity index (χ0) is 13.2. The van der Waals surface area contributed by atoms with E-state index >= 15 is 0 Å². The maximum Gasteiger partial charge on any atom is 0.254 e. The molecule has 18 heavy (non-hydrogen) atoms. The molecule has 2 heterocycles. The van der Waals surface area contributed by atoms with Crippen LogP contribution in [0.3, 0.4) is 0 Å². The van der Waals surface area contributed by atoms with Crippen LogP contribution in [0.25, 0.3) is 0 Å². The van der Waals surface area contributed by atoms with Gasteiger partial charge in [-0.05, 0) is 44.4 Å². The molecule has 0 spiro atoms. The summed E-state index contributed by atoms with van der Waals surface area (Å²) in [5.41, 5.74) is 0.401. The van der Waals surface area contributed by atoms with Crippen LogP contribution >= 0.6 is 0 Å². The van der Waals surface area contributed by atoms with Crippen molar-refractivity contribution in [3.8, 4) is 0 Å². The van der Waals surface area contributed by atoms with Crippen LogP contribution in [0.2, 0.25) is 0 Å². The monoisotopic (exact) mass is 248 g/mol. The lowest BCUT2D eigenvalue weighted by Crippen LogP contribution is -2.46. The van der Waals surface area contributed by atoms with Crippen LogP contribution in [-0.2, 0) is 9.53 Å². The Hall–Kier alpha value is -1.42. The zero-order valence-electron chi connectivity index (χ0n) is 11.2. The maximum atomic E-state index is 12.5. The molecule has 4 heteroatoms. The summed E-state index contributed by atoms with van der Waals surface area (Å²) in [5, 5.41) is 0. The summed E-state index contributed by atoms with van der Waals surface area (Å²) in [6.07, 6.45) is 5.60. The van der Waals surface area contributed by atoms with E-state index in [1.165, 1.54) is 0 Å². The average Bonchev–Trinajstić information content (AvgIpc) is 2.87. The minimum atomic E-state index is -0.754. The minimum absolute atomic E-state index is 0.0595. The summed E-state index contributed by atoms with van der Waals surface area (Å²) in [7, 11) is 1.58. The molecule has 1 unspecified atom stereocenters. The van der Waals surface area contributed by atoms with Crippen molar-refractivity contribution in [3.05, 3.63) is 30.1 Å². The van der Waals surface area contributed by atoms with Gasteiger partial charge in [-0.1, -0.05) is 0 Å². The molecule has 98 valence electrons. The summed E-state index contributed by atoms with van der Waals surface area (Å²) >= 11 is 0. The lowest BCUT2D eigenvalue weighted by Gasteiger charge is -2.32. The Morgan fingerprint density at radius 2 is 2.11 bits per heavy atom. The SMILES string of the molecule is COC(C)(C)C(=O)N1CCCC1c1ccncc1. The van der Waals surface area contributed by atoms with Gasteiger partial charge in [-0.2, -0.15) is 0 Å². The molecule has 1 aliphatic rings. The first-order chi connectivity index (χ1) is 8.56. The van der Waals surface area contributed by atoms with Gasteiger partial charge in [0.15, 0.2) is 0 Å². The van der Waals surface area contributed by atoms with Gasteiger partial charge in [0, 0.05) is 26.0 Å². The Morgan fingerprint density at radius 3 is 2.72 bits per heavy atom. The zero-order valence-corrected chi connectivity index (χ0v) is 11.2. The number of carbonyl (C=O) groups is 1. The summed E-state index contributed by atoms with van der Waals surface area (Å²) in [6.45, 7) is 4.44. The van der Waals surface area contributed by atoms with Gasteiger partial charge >= 0.3 is 0 Å². The quantitative estimate of drug-likeness (QED) is 0.823. The normalized spacial score (nSPS) is 20.2. The van der Waals surface area contributed by atoms with Crippen LogP contribution in [0.15, 0.2) is 24.5 Å². The number of aromatic nitrogens is 1. The van der Waals surface area contributed by atoms with Crippen molar-refractivity contribution in [2.45, 2.75) is 38.3 Å². The second-order valence-corrected chi connectivity index (χ2v) is 5.15. The van der Waals surface area contributed by atoms with Crippen molar-refractivity contribution in [3.63, 3.8) is 0 Å². The van der Waals surface area contributed by atoms with Gasteiger partial charge in [0.1, 0.15) is 5.60 Å². The molecule has 1 aromatic rings. The van der Waals surface area contributed by atoms with E-state index in [0.717, 1.165) is 24.9 Å². The number of hydrogen-bond acceptors (Lipinski definition) is 3. The van der Waals surface area contributed by atoms with Crippen LogP contribution in [-0.4, -0.2) is 35.0 Å². The van der Waals surface area contributed by atoms with Gasteiger partial charge in [-0.25, -0.2) is 0 Å². The molecule has 1 aromatic heterocycles. The summed E-state index contributed by atoms with van der Waals surface area (Å²) < 4.78 is 5.29. The highest BCUT2D eigenvalue weighted by atomic mass is 16.5. The van der Waals surface area contributed by atoms with Crippen LogP contribution < -0.4 is 0 Å². The van der Waals surface area contributed by atoms with E-state index in [9.17, 15) is 4.79 Å². The van der Waals surface area contributed by atoms with Crippen molar-refractivity contribution in [1.29, 1.82) is 0 Å². The van der Waals surface area contributed by atoms with E-state index in [0.29, 0.717) is 0 Å². The third kappa shape index (κ3) is 2.38. The molecule has 0 bridgehead atoms. The van der Waals surface area contributed by atoms with E-state index in [1.807, 2.05) is 30.9 Å². The fraction of sp³-hybridized carbons (Fsp3) is 0.571. The third-order valence-electron chi connectivity index (χ3n) is 3.63. The molecule has 1 fully saturated rings. The lowest BCUT2D eigenvalue weighted by atomic mass is 10.0. The predicted molar refractivity (Wildman–Crippen MR) is 69.0 cm³/mol. The first-order valence-electron chi connectivity index (χ1n) is 6.32. The number of methoxy groups -OCH3 is 1. The maximum absolute atomic E-state index is 12.5. The number of nitrogens with zero attached hydrogens (tertiary/aromatic N) is 2. The van der Waals surface area contributed by atoms with E-state index in [4.69, 9.17) is 4.74 Å². The molecule has 2 rings (SSSR count). The number of pyridine rings is 1. The first kappa shape index (κ1) is 13.0. The second kappa shape index (κ2) is 5.06. The van der Waals surface area contributed by atoms with E-state index in [2.05, 4.69) is 4.98 Å². The first-order valence-corrected chi connectivity index (χ1v) is 6.32. The van der Waals surface area contributed by atoms with Crippen LogP contribution in [0.4, 0.5) is 0 Å². The van der Waals surface area contributed by atoms with Crippen molar-refractivity contribution in [2.75, 3.05) is 13.7 Å². The molecular weight excluding hydrogens is 228 g/mol. The minimum Gasteiger partial charge on any atom is -0.369 e. The molecule has 4 nitrogen and oxygen atoms in total. The largest absolute Gasteiger partial charge is 0.369 e. The summed E-state index contributed by atoms with van der Waals surface area (Å²) in [5.74, 6) is 0.0595. The number of amides is 1. The van der Waals surface area contributed by atoms with Crippen molar-refractivity contribution in [1.82, 2.24) is 9.88 Å². The molecule has 0 saturated carbocycles. The number of likely N-dealkylation sites (tertiary alicyclic amines) is 1. The van der Waals surface area contributed by atoms with Crippen molar-refractivity contribution >= 4 is 5.91 Å². The highest BCUT2D eigenvalue weighted by molar-refractivity contribution is 5.85. The Kier molecular flexibility index (Phi) is 3.66. The van der Waals surface area contributed by atoms with Gasteiger partial charge in [-0.3, -0.25) is 9.78 Å². The highest BCUT2D eigenvalue weighted by Gasteiger charge is 2.38. The lowest BCUT2D eigenvalue weighted by molar-refractivity contribution is -0.152. The van der Waals surface area contributed by atoms with E-state index in [-0.39, 0.29) is 11.9 Å². The van der Waals surface area contributed by atoms with Gasteiger partial charge in [0.2, 0.25) is 0 Å². The molecule has 0 N–H and O–H groups in total. The smallest absolute Gasteiger partial charge is 0.254 e. The summed E-state index contributed by atoms with van der Waals surface area (Å²) in [4.78, 5) is 18.4. The molecule has 1 atom stereocenters. The standard InChI is InChI=1S/C14H20N2O2/c1-14(2,18-3)13(17)16-10-4-5-12(16)11-6-8-15-9-7-11/h6-9,12H,4-5,10H2,1-3H3. The van der Waals surface area contributed by atoms with Crippen LogP contribution in [0, 0.1) is 0 Å². The third-order valence-corrected chi connectivity index (χ3v) is 3.63. The molecule has 0 aromatic carbocycles. The van der Waals surface area contributed by atoms with E-state index < -0.39 is 5.60 Å². The molecule has 1 amide bonds. The molecule has 1 saturated heterocycles. The Labute approximate surface area is 108 Å². The number of ether oxygens (including phenoxy) is 1. The number of rotatable bonds is 3. The van der Waals surface area contributed by atoms with Gasteiger partial charge in [0.05, 0.1) is 6.04 Å². The number of hydrogen-bond donors (Lipinski definition) is 0. The topological polar surface area (TPSA) is 42.4 Å². The van der Waals surface area contributed by atoms with Gasteiger partial charge < -0.3 is 9.64 Å². The predicted octanol–water partition coefficient (Wildman–Crippen LogP) is 2.17. The molecular formula is C14H20N2O2. The number of carbonyl (C=O) groups excluding carboxylic acids is 1. The Bertz CT molecular complexity index is 417. The molecule has 0 radical (unpaired) electrons. The van der Waals surface area contributed by atoms with Crippen LogP contribution in [0.1, 0.15) is 38.3 Å². The van der Waals surface area contributed by atoms with Crippen molar-refractivity contribution < 1.29 is 9.53 Å². The van der Waals surface area contributed by atoms with Gasteiger partial charge in [-0.15, -0.1) is 0 Å². The molecule has 0 aliphatic carbocycles. The summed E-state index contributed by atoms with van der Waals surface area (Å²) in [6, 6.07) is 4.13. The fourth-order valence-corrected chi connectivity index (χ4v) is 2.38. The fourth-order valence-electron chi connectivity index (χ4n) is 2.38. The van der Waals surface area contributed by atoms with Crippen LogP contribution in [0.5, 0.6) is 0 Å². The van der Waals surface area contributed by atoms with Crippen molar-refractivity contribution in [2.24, 2.45) is 0 Å². The Balaban J connectivity index is 2.21. The highest BCUT2D eigenvalue weighted by Crippen LogP contribution is 2.33.